The van der Waals surface area contributed by atoms with E-state index in [1.54, 1.807) is 28.3 Å². The van der Waals surface area contributed by atoms with Crippen molar-refractivity contribution < 1.29 is 9.18 Å². The molecule has 0 saturated carbocycles. The molecule has 5 rings (SSSR count). The normalized spacial score (nSPS) is 19.7. The zero-order chi connectivity index (χ0) is 22.1. The summed E-state index contributed by atoms with van der Waals surface area (Å²) >= 11 is 1.65. The van der Waals surface area contributed by atoms with Crippen LogP contribution in [-0.4, -0.2) is 58.0 Å². The van der Waals surface area contributed by atoms with Crippen molar-refractivity contribution in [3.8, 4) is 0 Å². The first-order valence-corrected chi connectivity index (χ1v) is 12.1. The van der Waals surface area contributed by atoms with Crippen molar-refractivity contribution in [1.29, 1.82) is 0 Å². The Balaban J connectivity index is 1.35. The quantitative estimate of drug-likeness (QED) is 0.557. The number of halogens is 1. The van der Waals surface area contributed by atoms with Crippen LogP contribution in [0, 0.1) is 5.82 Å². The Kier molecular flexibility index (Phi) is 6.06. The molecule has 2 aromatic heterocycles. The summed E-state index contributed by atoms with van der Waals surface area (Å²) < 4.78 is 15.1. The molecule has 3 heterocycles. The average Bonchev–Trinajstić information content (AvgIpc) is 3.00. The number of hydrogen-bond acceptors (Lipinski definition) is 5. The number of amides is 1. The lowest BCUT2D eigenvalue weighted by Gasteiger charge is -2.33. The summed E-state index contributed by atoms with van der Waals surface area (Å²) in [6.07, 6.45) is 7.04. The van der Waals surface area contributed by atoms with Crippen LogP contribution in [0.25, 0.3) is 10.2 Å². The van der Waals surface area contributed by atoms with E-state index in [0.717, 1.165) is 74.1 Å². The molecule has 1 atom stereocenters. The second-order valence-electron chi connectivity index (χ2n) is 8.73. The fourth-order valence-corrected chi connectivity index (χ4v) is 6.27. The summed E-state index contributed by atoms with van der Waals surface area (Å²) in [4.78, 5) is 35.4. The Labute approximate surface area is 190 Å². The van der Waals surface area contributed by atoms with Gasteiger partial charge in [0.1, 0.15) is 10.6 Å². The minimum absolute atomic E-state index is 0.0127. The molecule has 1 fully saturated rings. The van der Waals surface area contributed by atoms with Crippen LogP contribution in [0.5, 0.6) is 0 Å². The van der Waals surface area contributed by atoms with Gasteiger partial charge in [-0.25, -0.2) is 9.37 Å². The van der Waals surface area contributed by atoms with E-state index in [1.807, 2.05) is 11.0 Å². The van der Waals surface area contributed by atoms with Crippen molar-refractivity contribution in [2.75, 3.05) is 26.2 Å². The van der Waals surface area contributed by atoms with E-state index < -0.39 is 0 Å². The number of nitrogens with zero attached hydrogens (tertiary/aromatic N) is 4. The van der Waals surface area contributed by atoms with Crippen LogP contribution in [0.3, 0.4) is 0 Å². The third-order valence-electron chi connectivity index (χ3n) is 6.77. The van der Waals surface area contributed by atoms with Crippen molar-refractivity contribution in [1.82, 2.24) is 19.4 Å². The van der Waals surface area contributed by atoms with Crippen molar-refractivity contribution >= 4 is 28.0 Å². The smallest absolute Gasteiger partial charge is 0.262 e. The fraction of sp³-hybridized carbons (Fsp3) is 0.458. The molecule has 0 bridgehead atoms. The first-order chi connectivity index (χ1) is 15.6. The van der Waals surface area contributed by atoms with Crippen LogP contribution in [0.2, 0.25) is 0 Å². The Morgan fingerprint density at radius 1 is 1.22 bits per heavy atom. The van der Waals surface area contributed by atoms with Gasteiger partial charge in [-0.1, -0.05) is 12.1 Å². The summed E-state index contributed by atoms with van der Waals surface area (Å²) in [7, 11) is 0. The van der Waals surface area contributed by atoms with E-state index in [9.17, 15) is 14.0 Å². The van der Waals surface area contributed by atoms with Crippen molar-refractivity contribution in [3.05, 3.63) is 62.8 Å². The van der Waals surface area contributed by atoms with Crippen LogP contribution >= 0.6 is 11.3 Å². The molecule has 0 spiro atoms. The molecule has 6 nitrogen and oxygen atoms in total. The zero-order valence-corrected chi connectivity index (χ0v) is 18.8. The van der Waals surface area contributed by atoms with Gasteiger partial charge in [-0.2, -0.15) is 0 Å². The van der Waals surface area contributed by atoms with Gasteiger partial charge in [0.15, 0.2) is 0 Å². The first kappa shape index (κ1) is 21.3. The maximum atomic E-state index is 13.5. The molecule has 168 valence electrons. The van der Waals surface area contributed by atoms with Crippen LogP contribution in [0.4, 0.5) is 4.39 Å². The molecule has 1 unspecified atom stereocenters. The lowest BCUT2D eigenvalue weighted by Crippen LogP contribution is -2.41. The average molecular weight is 455 g/mol. The van der Waals surface area contributed by atoms with Gasteiger partial charge in [-0.3, -0.25) is 19.1 Å². The Morgan fingerprint density at radius 3 is 2.97 bits per heavy atom. The SMILES string of the molecule is O=CN1CCCN(C2CCc3c(sc4ncn(CCc5cccc(F)c5)c(=O)c34)C2)CC1. The van der Waals surface area contributed by atoms with E-state index in [0.29, 0.717) is 19.0 Å². The summed E-state index contributed by atoms with van der Waals surface area (Å²) in [6.45, 7) is 4.03. The second-order valence-corrected chi connectivity index (χ2v) is 9.82. The number of thiophene rings is 1. The number of fused-ring (bicyclic) bond motifs is 3. The highest BCUT2D eigenvalue weighted by molar-refractivity contribution is 7.18. The van der Waals surface area contributed by atoms with Gasteiger partial charge in [0.05, 0.1) is 11.7 Å². The second kappa shape index (κ2) is 9.11. The van der Waals surface area contributed by atoms with Crippen LogP contribution in [0.1, 0.15) is 28.8 Å². The summed E-state index contributed by atoms with van der Waals surface area (Å²) in [5, 5.41) is 0.771. The maximum Gasteiger partial charge on any atom is 0.262 e. The van der Waals surface area contributed by atoms with E-state index in [1.165, 1.54) is 22.6 Å². The van der Waals surface area contributed by atoms with Crippen molar-refractivity contribution in [2.24, 2.45) is 0 Å². The molecule has 1 aliphatic heterocycles. The number of carbonyl (C=O) groups excluding carboxylic acids is 1. The summed E-state index contributed by atoms with van der Waals surface area (Å²) in [6, 6.07) is 6.97. The van der Waals surface area contributed by atoms with Crippen LogP contribution in [0.15, 0.2) is 35.4 Å². The van der Waals surface area contributed by atoms with Gasteiger partial charge < -0.3 is 4.90 Å². The molecule has 32 heavy (non-hydrogen) atoms. The molecule has 1 amide bonds. The number of carbonyl (C=O) groups is 1. The predicted molar refractivity (Wildman–Crippen MR) is 124 cm³/mol. The van der Waals surface area contributed by atoms with Crippen LogP contribution < -0.4 is 5.56 Å². The molecule has 0 radical (unpaired) electrons. The standard InChI is InChI=1S/C24H27FN4O2S/c25-18-4-1-3-17(13-18)7-10-29-15-26-23-22(24(29)31)20-6-5-19(14-21(20)32-23)28-9-2-8-27(16-30)11-12-28/h1,3-4,13,15-16,19H,2,5-12,14H2. The van der Waals surface area contributed by atoms with Crippen LogP contribution in [-0.2, 0) is 30.6 Å². The Morgan fingerprint density at radius 2 is 2.12 bits per heavy atom. The highest BCUT2D eigenvalue weighted by Crippen LogP contribution is 2.35. The lowest BCUT2D eigenvalue weighted by molar-refractivity contribution is -0.118. The molecule has 2 aliphatic rings. The topological polar surface area (TPSA) is 58.4 Å². The number of aryl methyl sites for hydroxylation is 3. The number of hydrogen-bond donors (Lipinski definition) is 0. The van der Waals surface area contributed by atoms with Crippen molar-refractivity contribution in [3.63, 3.8) is 0 Å². The number of benzene rings is 1. The Bertz CT molecular complexity index is 1190. The van der Waals surface area contributed by atoms with E-state index in [-0.39, 0.29) is 11.4 Å². The minimum Gasteiger partial charge on any atom is -0.344 e. The minimum atomic E-state index is -0.256. The van der Waals surface area contributed by atoms with Gasteiger partial charge in [-0.05, 0) is 55.4 Å². The molecule has 1 saturated heterocycles. The monoisotopic (exact) mass is 454 g/mol. The third kappa shape index (κ3) is 4.21. The molecular weight excluding hydrogens is 427 g/mol. The molecule has 1 aromatic carbocycles. The van der Waals surface area contributed by atoms with Gasteiger partial charge in [0.2, 0.25) is 6.41 Å². The van der Waals surface area contributed by atoms with Crippen molar-refractivity contribution in [2.45, 2.75) is 44.7 Å². The van der Waals surface area contributed by atoms with E-state index in [2.05, 4.69) is 9.88 Å². The predicted octanol–water partition coefficient (Wildman–Crippen LogP) is 2.86. The van der Waals surface area contributed by atoms with Gasteiger partial charge in [0, 0.05) is 43.6 Å². The fourth-order valence-electron chi connectivity index (χ4n) is 5.02. The van der Waals surface area contributed by atoms with Gasteiger partial charge in [0.25, 0.3) is 5.56 Å². The maximum absolute atomic E-state index is 13.5. The first-order valence-electron chi connectivity index (χ1n) is 11.3. The summed E-state index contributed by atoms with van der Waals surface area (Å²) in [5.74, 6) is -0.256. The highest BCUT2D eigenvalue weighted by atomic mass is 32.1. The van der Waals surface area contributed by atoms with Gasteiger partial charge in [-0.15, -0.1) is 11.3 Å². The Hall–Kier alpha value is -2.58. The molecule has 1 aliphatic carbocycles. The molecule has 8 heteroatoms. The third-order valence-corrected chi connectivity index (χ3v) is 7.93. The van der Waals surface area contributed by atoms with E-state index in [4.69, 9.17) is 0 Å². The lowest BCUT2D eigenvalue weighted by atomic mass is 9.92. The number of aromatic nitrogens is 2. The van der Waals surface area contributed by atoms with E-state index >= 15 is 0 Å². The number of rotatable bonds is 5. The molecular formula is C24H27FN4O2S. The molecule has 3 aromatic rings. The molecule has 0 N–H and O–H groups in total. The zero-order valence-electron chi connectivity index (χ0n) is 18.0. The van der Waals surface area contributed by atoms with Gasteiger partial charge >= 0.3 is 0 Å². The highest BCUT2D eigenvalue weighted by Gasteiger charge is 2.29. The summed E-state index contributed by atoms with van der Waals surface area (Å²) in [5.41, 5.74) is 2.06. The largest absolute Gasteiger partial charge is 0.344 e.